The molecular weight excluding hydrogens is 438 g/mol. The monoisotopic (exact) mass is 479 g/mol. The fourth-order valence-corrected chi connectivity index (χ4v) is 7.16. The summed E-state index contributed by atoms with van der Waals surface area (Å²) in [5.41, 5.74) is 0.862. The van der Waals surface area contributed by atoms with Crippen molar-refractivity contribution in [3.63, 3.8) is 0 Å². The van der Waals surface area contributed by atoms with E-state index < -0.39 is 6.10 Å². The summed E-state index contributed by atoms with van der Waals surface area (Å²) in [6.45, 7) is 13.4. The van der Waals surface area contributed by atoms with Gasteiger partial charge < -0.3 is 20.5 Å². The molecule has 33 heavy (non-hydrogen) atoms. The van der Waals surface area contributed by atoms with Crippen LogP contribution >= 0.6 is 11.3 Å². The lowest BCUT2D eigenvalue weighted by Crippen LogP contribution is -2.53. The normalized spacial score (nSPS) is 30.2. The van der Waals surface area contributed by atoms with E-state index in [1.165, 1.54) is 4.88 Å². The summed E-state index contributed by atoms with van der Waals surface area (Å²) in [6.07, 6.45) is 2.50. The van der Waals surface area contributed by atoms with Crippen LogP contribution in [0, 0.1) is 28.6 Å². The number of aromatic nitrogens is 1. The standard InChI is InChI=1S/C25H41N3O4S/c1-14(22(31)26-10-11-32-7)16-8-9-25(6)12-17-20(15(2)19(25)21(16)30)28-23(33-17)27-18(29)13-24(3,4)5/h14-16,19,21,30H,8-13H2,1-7H3,(H,26,31)(H,27,28,29)/t14-,15-,16?,19+,21-,25-/m0/s1. The molecule has 0 bridgehead atoms. The molecule has 0 aromatic carbocycles. The zero-order valence-corrected chi connectivity index (χ0v) is 22.0. The van der Waals surface area contributed by atoms with Crippen LogP contribution in [0.1, 0.15) is 77.3 Å². The van der Waals surface area contributed by atoms with Gasteiger partial charge in [0.15, 0.2) is 5.13 Å². The predicted molar refractivity (Wildman–Crippen MR) is 131 cm³/mol. The van der Waals surface area contributed by atoms with Gasteiger partial charge in [-0.15, -0.1) is 11.3 Å². The molecule has 7 nitrogen and oxygen atoms in total. The number of amides is 2. The second-order valence-corrected chi connectivity index (χ2v) is 12.6. The van der Waals surface area contributed by atoms with Crippen molar-refractivity contribution in [2.45, 2.75) is 79.2 Å². The first kappa shape index (κ1) is 26.1. The second kappa shape index (κ2) is 10.0. The number of carbonyl (C=O) groups is 2. The SMILES string of the molecule is COCCNC(=O)[C@@H](C)C1CC[C@@]2(C)Cc3sc(NC(=O)CC(C)(C)C)nc3[C@@H](C)[C@@H]2[C@H]1O. The van der Waals surface area contributed by atoms with E-state index in [1.54, 1.807) is 18.4 Å². The molecule has 0 aliphatic heterocycles. The van der Waals surface area contributed by atoms with Crippen molar-refractivity contribution in [2.75, 3.05) is 25.6 Å². The number of methoxy groups -OCH3 is 1. The third-order valence-corrected chi connectivity index (χ3v) is 8.51. The van der Waals surface area contributed by atoms with Gasteiger partial charge in [-0.1, -0.05) is 41.5 Å². The van der Waals surface area contributed by atoms with Gasteiger partial charge in [-0.25, -0.2) is 4.98 Å². The van der Waals surface area contributed by atoms with Crippen LogP contribution in [-0.4, -0.2) is 48.3 Å². The van der Waals surface area contributed by atoms with E-state index in [-0.39, 0.29) is 46.3 Å². The summed E-state index contributed by atoms with van der Waals surface area (Å²) in [4.78, 5) is 31.1. The van der Waals surface area contributed by atoms with Crippen LogP contribution in [0.2, 0.25) is 0 Å². The van der Waals surface area contributed by atoms with E-state index in [1.807, 2.05) is 27.7 Å². The van der Waals surface area contributed by atoms with Crippen LogP contribution in [-0.2, 0) is 20.7 Å². The summed E-state index contributed by atoms with van der Waals surface area (Å²) in [5, 5.41) is 18.1. The maximum Gasteiger partial charge on any atom is 0.226 e. The lowest BCUT2D eigenvalue weighted by molar-refractivity contribution is -0.135. The van der Waals surface area contributed by atoms with Crippen LogP contribution in [0.3, 0.4) is 0 Å². The van der Waals surface area contributed by atoms with Crippen LogP contribution in [0.4, 0.5) is 5.13 Å². The first-order valence-electron chi connectivity index (χ1n) is 12.1. The van der Waals surface area contributed by atoms with E-state index in [0.29, 0.717) is 24.7 Å². The third kappa shape index (κ3) is 5.77. The highest BCUT2D eigenvalue weighted by Crippen LogP contribution is 2.57. The minimum Gasteiger partial charge on any atom is -0.392 e. The van der Waals surface area contributed by atoms with Crippen molar-refractivity contribution in [3.05, 3.63) is 10.6 Å². The molecular formula is C25H41N3O4S. The number of hydrogen-bond donors (Lipinski definition) is 3. The molecule has 0 radical (unpaired) electrons. The van der Waals surface area contributed by atoms with Crippen molar-refractivity contribution in [3.8, 4) is 0 Å². The van der Waals surface area contributed by atoms with Crippen LogP contribution in [0.5, 0.6) is 0 Å². The number of rotatable bonds is 7. The molecule has 8 heteroatoms. The van der Waals surface area contributed by atoms with Crippen LogP contribution < -0.4 is 10.6 Å². The number of nitrogens with one attached hydrogen (secondary N) is 2. The summed E-state index contributed by atoms with van der Waals surface area (Å²) in [5.74, 6) is -0.306. The minimum atomic E-state index is -0.573. The molecule has 2 amide bonds. The number of ether oxygens (including phenoxy) is 1. The van der Waals surface area contributed by atoms with Gasteiger partial charge in [0.2, 0.25) is 11.8 Å². The first-order valence-corrected chi connectivity index (χ1v) is 12.9. The maximum absolute atomic E-state index is 12.7. The molecule has 1 unspecified atom stereocenters. The molecule has 1 aromatic rings. The Kier molecular flexibility index (Phi) is 7.91. The number of nitrogens with zero attached hydrogens (tertiary/aromatic N) is 1. The quantitative estimate of drug-likeness (QED) is 0.514. The Labute approximate surface area is 202 Å². The molecule has 186 valence electrons. The average Bonchev–Trinajstić information content (AvgIpc) is 3.07. The fraction of sp³-hybridized carbons (Fsp3) is 0.800. The molecule has 2 aliphatic rings. The van der Waals surface area contributed by atoms with E-state index >= 15 is 0 Å². The average molecular weight is 480 g/mol. The number of carbonyl (C=O) groups excluding carboxylic acids is 2. The van der Waals surface area contributed by atoms with Gasteiger partial charge in [-0.05, 0) is 41.9 Å². The van der Waals surface area contributed by atoms with Gasteiger partial charge in [-0.2, -0.15) is 0 Å². The molecule has 1 fully saturated rings. The molecule has 6 atom stereocenters. The maximum atomic E-state index is 12.7. The highest BCUT2D eigenvalue weighted by molar-refractivity contribution is 7.15. The van der Waals surface area contributed by atoms with Crippen molar-refractivity contribution < 1.29 is 19.4 Å². The van der Waals surface area contributed by atoms with Gasteiger partial charge in [-0.3, -0.25) is 9.59 Å². The number of aliphatic hydroxyl groups excluding tert-OH is 1. The Balaban J connectivity index is 1.76. The topological polar surface area (TPSA) is 101 Å². The van der Waals surface area contributed by atoms with Crippen molar-refractivity contribution in [1.82, 2.24) is 10.3 Å². The lowest BCUT2D eigenvalue weighted by atomic mass is 9.53. The van der Waals surface area contributed by atoms with E-state index in [0.717, 1.165) is 25.0 Å². The summed E-state index contributed by atoms with van der Waals surface area (Å²) in [7, 11) is 1.61. The highest BCUT2D eigenvalue weighted by atomic mass is 32.1. The number of hydrogen-bond acceptors (Lipinski definition) is 6. The fourth-order valence-electron chi connectivity index (χ4n) is 5.88. The van der Waals surface area contributed by atoms with Gasteiger partial charge in [0.25, 0.3) is 0 Å². The number of anilines is 1. The second-order valence-electron chi connectivity index (χ2n) is 11.5. The van der Waals surface area contributed by atoms with Gasteiger partial charge in [0.05, 0.1) is 18.4 Å². The number of thiazole rings is 1. The molecule has 1 heterocycles. The van der Waals surface area contributed by atoms with Crippen molar-refractivity contribution in [2.24, 2.45) is 28.6 Å². The molecule has 3 N–H and O–H groups in total. The molecule has 0 spiro atoms. The van der Waals surface area contributed by atoms with Gasteiger partial charge in [0, 0.05) is 36.8 Å². The Morgan fingerprint density at radius 1 is 1.36 bits per heavy atom. The molecule has 2 aliphatic carbocycles. The summed E-state index contributed by atoms with van der Waals surface area (Å²) >= 11 is 1.57. The summed E-state index contributed by atoms with van der Waals surface area (Å²) in [6, 6.07) is 0. The van der Waals surface area contributed by atoms with Gasteiger partial charge in [0.1, 0.15) is 0 Å². The Bertz CT molecular complexity index is 864. The largest absolute Gasteiger partial charge is 0.392 e. The molecule has 3 rings (SSSR count). The molecule has 0 saturated heterocycles. The summed E-state index contributed by atoms with van der Waals surface area (Å²) < 4.78 is 5.02. The Hall–Kier alpha value is -1.51. The number of aliphatic hydroxyl groups is 1. The zero-order chi connectivity index (χ0) is 24.6. The van der Waals surface area contributed by atoms with E-state index in [9.17, 15) is 14.7 Å². The third-order valence-electron chi connectivity index (χ3n) is 7.52. The first-order chi connectivity index (χ1) is 15.4. The molecule has 1 aromatic heterocycles. The Morgan fingerprint density at radius 2 is 2.06 bits per heavy atom. The van der Waals surface area contributed by atoms with Crippen molar-refractivity contribution in [1.29, 1.82) is 0 Å². The smallest absolute Gasteiger partial charge is 0.226 e. The van der Waals surface area contributed by atoms with Crippen LogP contribution in [0.15, 0.2) is 0 Å². The minimum absolute atomic E-state index is 0.0155. The highest BCUT2D eigenvalue weighted by Gasteiger charge is 2.53. The lowest BCUT2D eigenvalue weighted by Gasteiger charge is -2.53. The zero-order valence-electron chi connectivity index (χ0n) is 21.2. The molecule has 1 saturated carbocycles. The number of fused-ring (bicyclic) bond motifs is 2. The van der Waals surface area contributed by atoms with Crippen LogP contribution in [0.25, 0.3) is 0 Å². The van der Waals surface area contributed by atoms with Crippen molar-refractivity contribution >= 4 is 28.3 Å². The van der Waals surface area contributed by atoms with E-state index in [2.05, 4.69) is 24.5 Å². The predicted octanol–water partition coefficient (Wildman–Crippen LogP) is 3.97. The Morgan fingerprint density at radius 3 is 2.70 bits per heavy atom. The van der Waals surface area contributed by atoms with E-state index in [4.69, 9.17) is 9.72 Å². The van der Waals surface area contributed by atoms with Gasteiger partial charge >= 0.3 is 0 Å².